The minimum atomic E-state index is -0.410. The first kappa shape index (κ1) is 14.9. The van der Waals surface area contributed by atoms with Crippen LogP contribution in [0.2, 0.25) is 0 Å². The second kappa shape index (κ2) is 8.05. The van der Waals surface area contributed by atoms with Crippen molar-refractivity contribution in [3.63, 3.8) is 0 Å². The van der Waals surface area contributed by atoms with E-state index in [9.17, 15) is 4.79 Å². The Morgan fingerprint density at radius 1 is 1.50 bits per heavy atom. The van der Waals surface area contributed by atoms with E-state index in [2.05, 4.69) is 28.9 Å². The van der Waals surface area contributed by atoms with Gasteiger partial charge in [-0.25, -0.2) is 9.78 Å². The highest BCUT2D eigenvalue weighted by molar-refractivity contribution is 7.13. The quantitative estimate of drug-likeness (QED) is 0.581. The summed E-state index contributed by atoms with van der Waals surface area (Å²) in [4.78, 5) is 15.3. The largest absolute Gasteiger partial charge is 0.464 e. The van der Waals surface area contributed by atoms with Crippen molar-refractivity contribution in [3.8, 4) is 0 Å². The predicted molar refractivity (Wildman–Crippen MR) is 72.2 cm³/mol. The Hall–Kier alpha value is -1.14. The number of nitrogens with one attached hydrogen (secondary N) is 1. The van der Waals surface area contributed by atoms with Crippen LogP contribution in [0.15, 0.2) is 5.38 Å². The number of ether oxygens (including phenoxy) is 2. The first-order chi connectivity index (χ1) is 8.63. The van der Waals surface area contributed by atoms with Crippen LogP contribution in [-0.2, 0) is 9.47 Å². The van der Waals surface area contributed by atoms with Crippen LogP contribution in [0.1, 0.15) is 30.8 Å². The van der Waals surface area contributed by atoms with E-state index in [0.29, 0.717) is 29.9 Å². The third-order valence-electron chi connectivity index (χ3n) is 2.26. The lowest BCUT2D eigenvalue weighted by Crippen LogP contribution is -2.11. The molecule has 18 heavy (non-hydrogen) atoms. The molecule has 1 aromatic heterocycles. The molecule has 1 rings (SSSR count). The zero-order valence-corrected chi connectivity index (χ0v) is 11.9. The van der Waals surface area contributed by atoms with Crippen LogP contribution < -0.4 is 5.32 Å². The number of esters is 1. The molecule has 0 amide bonds. The summed E-state index contributed by atoms with van der Waals surface area (Å²) in [6, 6.07) is 0. The van der Waals surface area contributed by atoms with Gasteiger partial charge in [-0.2, -0.15) is 0 Å². The summed E-state index contributed by atoms with van der Waals surface area (Å²) < 4.78 is 10.0. The highest BCUT2D eigenvalue weighted by Gasteiger charge is 2.09. The second-order valence-corrected chi connectivity index (χ2v) is 5.11. The van der Waals surface area contributed by atoms with Crippen LogP contribution in [0.3, 0.4) is 0 Å². The van der Waals surface area contributed by atoms with Crippen LogP contribution >= 0.6 is 11.3 Å². The number of thiazole rings is 1. The van der Waals surface area contributed by atoms with E-state index >= 15 is 0 Å². The minimum absolute atomic E-state index is 0.339. The number of methoxy groups -OCH3 is 1. The van der Waals surface area contributed by atoms with Gasteiger partial charge in [0.15, 0.2) is 10.8 Å². The molecular formula is C12H20N2O3S. The topological polar surface area (TPSA) is 60.5 Å². The molecule has 0 saturated heterocycles. The third-order valence-corrected chi connectivity index (χ3v) is 3.06. The Balaban J connectivity index is 2.16. The molecular weight excluding hydrogens is 252 g/mol. The van der Waals surface area contributed by atoms with Gasteiger partial charge in [-0.3, -0.25) is 0 Å². The van der Waals surface area contributed by atoms with Gasteiger partial charge in [0.25, 0.3) is 0 Å². The number of hydrogen-bond donors (Lipinski definition) is 1. The molecule has 5 nitrogen and oxygen atoms in total. The lowest BCUT2D eigenvalue weighted by Gasteiger charge is -2.06. The summed E-state index contributed by atoms with van der Waals surface area (Å²) >= 11 is 1.38. The molecule has 0 fully saturated rings. The van der Waals surface area contributed by atoms with Gasteiger partial charge in [-0.1, -0.05) is 13.8 Å². The lowest BCUT2D eigenvalue weighted by atomic mass is 10.1. The maximum Gasteiger partial charge on any atom is 0.357 e. The number of nitrogens with zero attached hydrogens (tertiary/aromatic N) is 1. The van der Waals surface area contributed by atoms with Crippen LogP contribution in [0.5, 0.6) is 0 Å². The molecule has 0 aromatic carbocycles. The molecule has 0 saturated carbocycles. The summed E-state index contributed by atoms with van der Waals surface area (Å²) in [7, 11) is 1.34. The summed E-state index contributed by atoms with van der Waals surface area (Å²) in [6.45, 7) is 6.45. The predicted octanol–water partition coefficient (Wildman–Crippen LogP) is 2.40. The van der Waals surface area contributed by atoms with Crippen LogP contribution in [0, 0.1) is 5.92 Å². The standard InChI is InChI=1S/C12H20N2O3S/c1-9(2)4-6-17-7-5-13-12-14-10(8-18-12)11(15)16-3/h8-9H,4-7H2,1-3H3,(H,13,14). The molecule has 0 aliphatic carbocycles. The average Bonchev–Trinajstić information content (AvgIpc) is 2.81. The lowest BCUT2D eigenvalue weighted by molar-refractivity contribution is 0.0595. The molecule has 0 aliphatic heterocycles. The summed E-state index contributed by atoms with van der Waals surface area (Å²) in [5, 5.41) is 5.49. The van der Waals surface area contributed by atoms with Crippen molar-refractivity contribution in [2.45, 2.75) is 20.3 Å². The maximum atomic E-state index is 11.2. The average molecular weight is 272 g/mol. The van der Waals surface area contributed by atoms with Gasteiger partial charge >= 0.3 is 5.97 Å². The Labute approximate surface area is 112 Å². The van der Waals surface area contributed by atoms with E-state index in [1.165, 1.54) is 18.4 Å². The molecule has 0 aliphatic rings. The smallest absolute Gasteiger partial charge is 0.357 e. The molecule has 0 atom stereocenters. The fourth-order valence-corrected chi connectivity index (χ4v) is 1.91. The van der Waals surface area contributed by atoms with Crippen LogP contribution in [0.25, 0.3) is 0 Å². The van der Waals surface area contributed by atoms with Crippen molar-refractivity contribution < 1.29 is 14.3 Å². The molecule has 0 unspecified atom stereocenters. The Kier molecular flexibility index (Phi) is 6.67. The number of carbonyl (C=O) groups is 1. The van der Waals surface area contributed by atoms with E-state index in [4.69, 9.17) is 4.74 Å². The van der Waals surface area contributed by atoms with Crippen molar-refractivity contribution >= 4 is 22.4 Å². The van der Waals surface area contributed by atoms with Gasteiger partial charge < -0.3 is 14.8 Å². The second-order valence-electron chi connectivity index (χ2n) is 4.25. The number of aromatic nitrogens is 1. The monoisotopic (exact) mass is 272 g/mol. The molecule has 1 N–H and O–H groups in total. The third kappa shape index (κ3) is 5.46. The fraction of sp³-hybridized carbons (Fsp3) is 0.667. The molecule has 1 aromatic rings. The van der Waals surface area contributed by atoms with Crippen molar-refractivity contribution in [1.29, 1.82) is 0 Å². The van der Waals surface area contributed by atoms with E-state index < -0.39 is 5.97 Å². The van der Waals surface area contributed by atoms with Gasteiger partial charge in [0.1, 0.15) is 0 Å². The molecule has 0 spiro atoms. The van der Waals surface area contributed by atoms with E-state index in [1.54, 1.807) is 5.38 Å². The zero-order valence-electron chi connectivity index (χ0n) is 11.1. The van der Waals surface area contributed by atoms with Crippen LogP contribution in [-0.4, -0.2) is 37.8 Å². The summed E-state index contributed by atoms with van der Waals surface area (Å²) in [5.41, 5.74) is 0.339. The normalized spacial score (nSPS) is 10.7. The SMILES string of the molecule is COC(=O)c1csc(NCCOCCC(C)C)n1. The minimum Gasteiger partial charge on any atom is -0.464 e. The highest BCUT2D eigenvalue weighted by atomic mass is 32.1. The Morgan fingerprint density at radius 3 is 2.94 bits per heavy atom. The fourth-order valence-electron chi connectivity index (χ4n) is 1.20. The number of anilines is 1. The van der Waals surface area contributed by atoms with E-state index in [1.807, 2.05) is 0 Å². The van der Waals surface area contributed by atoms with E-state index in [0.717, 1.165) is 13.0 Å². The van der Waals surface area contributed by atoms with Crippen molar-refractivity contribution in [1.82, 2.24) is 4.98 Å². The number of rotatable bonds is 8. The molecule has 0 bridgehead atoms. The van der Waals surface area contributed by atoms with Crippen molar-refractivity contribution in [2.24, 2.45) is 5.92 Å². The van der Waals surface area contributed by atoms with Gasteiger partial charge in [-0.15, -0.1) is 11.3 Å². The molecule has 1 heterocycles. The molecule has 0 radical (unpaired) electrons. The van der Waals surface area contributed by atoms with Gasteiger partial charge in [0, 0.05) is 18.5 Å². The van der Waals surface area contributed by atoms with Gasteiger partial charge in [0.05, 0.1) is 13.7 Å². The van der Waals surface area contributed by atoms with Gasteiger partial charge in [0.2, 0.25) is 0 Å². The van der Waals surface area contributed by atoms with Crippen molar-refractivity contribution in [3.05, 3.63) is 11.1 Å². The first-order valence-corrected chi connectivity index (χ1v) is 6.87. The number of carbonyl (C=O) groups excluding carboxylic acids is 1. The highest BCUT2D eigenvalue weighted by Crippen LogP contribution is 2.15. The molecule has 102 valence electrons. The van der Waals surface area contributed by atoms with E-state index in [-0.39, 0.29) is 0 Å². The summed E-state index contributed by atoms with van der Waals surface area (Å²) in [6.07, 6.45) is 1.07. The summed E-state index contributed by atoms with van der Waals surface area (Å²) in [5.74, 6) is 0.256. The van der Waals surface area contributed by atoms with Crippen molar-refractivity contribution in [2.75, 3.05) is 32.2 Å². The zero-order chi connectivity index (χ0) is 13.4. The first-order valence-electron chi connectivity index (χ1n) is 5.99. The number of hydrogen-bond acceptors (Lipinski definition) is 6. The van der Waals surface area contributed by atoms with Gasteiger partial charge in [-0.05, 0) is 12.3 Å². The Bertz CT molecular complexity index is 366. The Morgan fingerprint density at radius 2 is 2.28 bits per heavy atom. The maximum absolute atomic E-state index is 11.2. The molecule has 6 heteroatoms. The van der Waals surface area contributed by atoms with Crippen LogP contribution in [0.4, 0.5) is 5.13 Å².